The first-order valence-electron chi connectivity index (χ1n) is 10.5. The van der Waals surface area contributed by atoms with Crippen molar-refractivity contribution in [1.29, 1.82) is 0 Å². The van der Waals surface area contributed by atoms with E-state index in [2.05, 4.69) is 6.92 Å². The van der Waals surface area contributed by atoms with Crippen molar-refractivity contribution in [3.8, 4) is 0 Å². The van der Waals surface area contributed by atoms with Crippen LogP contribution in [0.3, 0.4) is 0 Å². The summed E-state index contributed by atoms with van der Waals surface area (Å²) in [5.41, 5.74) is 6.75. The second-order valence-corrected chi connectivity index (χ2v) is 9.49. The van der Waals surface area contributed by atoms with Crippen molar-refractivity contribution in [2.75, 3.05) is 23.7 Å². The van der Waals surface area contributed by atoms with Gasteiger partial charge < -0.3 is 10.6 Å². The minimum Gasteiger partial charge on any atom is -0.384 e. The Morgan fingerprint density at radius 1 is 1.09 bits per heavy atom. The number of anilines is 2. The van der Waals surface area contributed by atoms with Crippen molar-refractivity contribution in [3.63, 3.8) is 0 Å². The zero-order chi connectivity index (χ0) is 22.8. The van der Waals surface area contributed by atoms with E-state index in [0.29, 0.717) is 11.8 Å². The molecule has 1 unspecified atom stereocenters. The van der Waals surface area contributed by atoms with E-state index in [1.54, 1.807) is 11.8 Å². The fraction of sp³-hybridized carbons (Fsp3) is 0.292. The van der Waals surface area contributed by atoms with E-state index in [0.717, 1.165) is 27.1 Å². The highest BCUT2D eigenvalue weighted by atomic mass is 32.2. The van der Waals surface area contributed by atoms with E-state index < -0.39 is 11.2 Å². The number of nitrogen functional groups attached to an aromatic ring is 1. The molecular weight excluding hydrogens is 424 g/mol. The lowest BCUT2D eigenvalue weighted by atomic mass is 10.1. The van der Waals surface area contributed by atoms with Crippen LogP contribution in [0.5, 0.6) is 0 Å². The minimum atomic E-state index is -0.660. The van der Waals surface area contributed by atoms with Gasteiger partial charge in [0.1, 0.15) is 11.4 Å². The third-order valence-corrected chi connectivity index (χ3v) is 6.96. The Labute approximate surface area is 190 Å². The van der Waals surface area contributed by atoms with E-state index in [-0.39, 0.29) is 30.3 Å². The lowest BCUT2D eigenvalue weighted by Gasteiger charge is -2.24. The van der Waals surface area contributed by atoms with Crippen molar-refractivity contribution in [2.24, 2.45) is 7.05 Å². The molecule has 2 heterocycles. The first kappa shape index (κ1) is 22.0. The van der Waals surface area contributed by atoms with Crippen molar-refractivity contribution in [1.82, 2.24) is 9.13 Å². The van der Waals surface area contributed by atoms with Crippen molar-refractivity contribution >= 4 is 29.1 Å². The van der Waals surface area contributed by atoms with Crippen LogP contribution in [-0.4, -0.2) is 33.3 Å². The number of nitrogens with two attached hydrogens (primary N) is 1. The van der Waals surface area contributed by atoms with E-state index in [9.17, 15) is 14.4 Å². The summed E-state index contributed by atoms with van der Waals surface area (Å²) in [6.07, 6.45) is 0.910. The fourth-order valence-electron chi connectivity index (χ4n) is 3.93. The summed E-state index contributed by atoms with van der Waals surface area (Å²) >= 11 is 1.78. The Bertz CT molecular complexity index is 1270. The number of hydrogen-bond donors (Lipinski definition) is 1. The number of para-hydroxylation sites is 1. The maximum absolute atomic E-state index is 13.4. The molecule has 166 valence electrons. The molecule has 7 nitrogen and oxygen atoms in total. The quantitative estimate of drug-likeness (QED) is 0.601. The number of nitrogens with zero attached hydrogens (tertiary/aromatic N) is 3. The molecule has 0 fully saturated rings. The molecule has 2 aromatic carbocycles. The number of thioether (sulfide) groups is 1. The van der Waals surface area contributed by atoms with Gasteiger partial charge in [-0.05, 0) is 24.1 Å². The van der Waals surface area contributed by atoms with Gasteiger partial charge in [0.05, 0.1) is 18.8 Å². The van der Waals surface area contributed by atoms with Gasteiger partial charge in [0, 0.05) is 23.7 Å². The van der Waals surface area contributed by atoms with E-state index in [4.69, 9.17) is 5.73 Å². The maximum atomic E-state index is 13.4. The summed E-state index contributed by atoms with van der Waals surface area (Å²) in [4.78, 5) is 42.1. The molecule has 2 N–H and O–H groups in total. The van der Waals surface area contributed by atoms with Gasteiger partial charge in [-0.15, -0.1) is 11.8 Å². The molecule has 0 saturated carbocycles. The van der Waals surface area contributed by atoms with Gasteiger partial charge >= 0.3 is 5.69 Å². The number of carbonyl (C=O) groups excluding carboxylic acids is 1. The van der Waals surface area contributed by atoms with E-state index >= 15 is 0 Å². The highest BCUT2D eigenvalue weighted by Crippen LogP contribution is 2.37. The normalized spacial score (nSPS) is 15.8. The van der Waals surface area contributed by atoms with Gasteiger partial charge in [0.25, 0.3) is 5.56 Å². The number of benzene rings is 2. The minimum absolute atomic E-state index is 0.0211. The van der Waals surface area contributed by atoms with Crippen molar-refractivity contribution in [3.05, 3.63) is 86.6 Å². The number of carbonyl (C=O) groups is 1. The summed E-state index contributed by atoms with van der Waals surface area (Å²) in [6.45, 7) is 3.06. The first-order valence-corrected chi connectivity index (χ1v) is 11.4. The van der Waals surface area contributed by atoms with Gasteiger partial charge in [-0.1, -0.05) is 49.4 Å². The summed E-state index contributed by atoms with van der Waals surface area (Å²) in [5, 5.41) is 0.418. The second-order valence-electron chi connectivity index (χ2n) is 8.01. The molecule has 0 radical (unpaired) electrons. The summed E-state index contributed by atoms with van der Waals surface area (Å²) in [7, 11) is 1.38. The molecule has 8 heteroatoms. The molecule has 3 aromatic rings. The van der Waals surface area contributed by atoms with Crippen LogP contribution in [0.4, 0.5) is 11.5 Å². The number of fused-ring (bicyclic) bond motifs is 1. The molecule has 32 heavy (non-hydrogen) atoms. The van der Waals surface area contributed by atoms with Crippen LogP contribution in [0.1, 0.15) is 29.3 Å². The summed E-state index contributed by atoms with van der Waals surface area (Å²) < 4.78 is 2.25. The van der Waals surface area contributed by atoms with Crippen molar-refractivity contribution < 1.29 is 4.79 Å². The molecular formula is C24H26N4O3S. The Morgan fingerprint density at radius 2 is 1.78 bits per heavy atom. The molecule has 1 aliphatic heterocycles. The predicted octanol–water partition coefficient (Wildman–Crippen LogP) is 2.75. The van der Waals surface area contributed by atoms with Crippen LogP contribution < -0.4 is 21.9 Å². The average Bonchev–Trinajstić information content (AvgIpc) is 2.94. The molecule has 0 bridgehead atoms. The number of aromatic nitrogens is 2. The van der Waals surface area contributed by atoms with Crippen LogP contribution in [-0.2, 0) is 13.6 Å². The van der Waals surface area contributed by atoms with Crippen LogP contribution in [0, 0.1) is 0 Å². The molecule has 1 aromatic heterocycles. The Hall–Kier alpha value is -3.26. The second kappa shape index (κ2) is 9.08. The number of ketones is 1. The molecule has 1 atom stereocenters. The van der Waals surface area contributed by atoms with Crippen LogP contribution in [0.2, 0.25) is 0 Å². The first-order chi connectivity index (χ1) is 15.4. The standard InChI is InChI=1S/C24H26N4O3S/c1-16-12-13-27(18-10-6-7-11-20(18)32-16)15-19(29)21-22(25)28(24(31)26(2)23(21)30)14-17-8-4-3-5-9-17/h3-11,16H,12-15,25H2,1-2H3. The number of Topliss-reactive ketones (excluding diaryl/α,β-unsaturated/α-hetero) is 1. The number of rotatable bonds is 5. The van der Waals surface area contributed by atoms with Gasteiger partial charge in [0.2, 0.25) is 0 Å². The SMILES string of the molecule is CC1CCN(CC(=O)c2c(N)n(Cc3ccccc3)c(=O)n(C)c2=O)c2ccccc2S1. The highest BCUT2D eigenvalue weighted by molar-refractivity contribution is 8.00. The lowest BCUT2D eigenvalue weighted by molar-refractivity contribution is 0.0997. The lowest BCUT2D eigenvalue weighted by Crippen LogP contribution is -2.44. The Morgan fingerprint density at radius 3 is 2.53 bits per heavy atom. The van der Waals surface area contributed by atoms with Gasteiger partial charge in [0.15, 0.2) is 5.78 Å². The van der Waals surface area contributed by atoms with Crippen molar-refractivity contribution in [2.45, 2.75) is 30.0 Å². The monoisotopic (exact) mass is 450 g/mol. The molecule has 1 aliphatic rings. The molecule has 0 amide bonds. The van der Waals surface area contributed by atoms with Gasteiger partial charge in [-0.2, -0.15) is 0 Å². The van der Waals surface area contributed by atoms with Crippen LogP contribution in [0.25, 0.3) is 0 Å². The molecule has 0 aliphatic carbocycles. The number of hydrogen-bond acceptors (Lipinski definition) is 6. The highest BCUT2D eigenvalue weighted by Gasteiger charge is 2.26. The fourth-order valence-corrected chi connectivity index (χ4v) is 5.06. The topological polar surface area (TPSA) is 90.3 Å². The average molecular weight is 451 g/mol. The summed E-state index contributed by atoms with van der Waals surface area (Å²) in [5.74, 6) is -0.475. The summed E-state index contributed by atoms with van der Waals surface area (Å²) in [6, 6.07) is 17.3. The van der Waals surface area contributed by atoms with Crippen LogP contribution in [0.15, 0.2) is 69.1 Å². The predicted molar refractivity (Wildman–Crippen MR) is 129 cm³/mol. The molecule has 0 saturated heterocycles. The van der Waals surface area contributed by atoms with E-state index in [1.807, 2.05) is 59.5 Å². The zero-order valence-electron chi connectivity index (χ0n) is 18.2. The smallest absolute Gasteiger partial charge is 0.332 e. The maximum Gasteiger partial charge on any atom is 0.332 e. The molecule has 0 spiro atoms. The zero-order valence-corrected chi connectivity index (χ0v) is 19.0. The van der Waals surface area contributed by atoms with Gasteiger partial charge in [-0.25, -0.2) is 4.79 Å². The van der Waals surface area contributed by atoms with Crippen LogP contribution >= 0.6 is 11.8 Å². The largest absolute Gasteiger partial charge is 0.384 e. The Kier molecular flexibility index (Phi) is 6.23. The third kappa shape index (κ3) is 4.23. The van der Waals surface area contributed by atoms with E-state index in [1.165, 1.54) is 11.6 Å². The third-order valence-electron chi connectivity index (χ3n) is 5.72. The molecule has 4 rings (SSSR count). The Balaban J connectivity index is 1.71. The van der Waals surface area contributed by atoms with Gasteiger partial charge in [-0.3, -0.25) is 18.7 Å².